The number of sulfonamides is 1. The molecule has 0 saturated carbocycles. The molecule has 1 saturated heterocycles. The van der Waals surface area contributed by atoms with Crippen LogP contribution in [0, 0.1) is 18.8 Å². The summed E-state index contributed by atoms with van der Waals surface area (Å²) >= 11 is 6.18. The van der Waals surface area contributed by atoms with Gasteiger partial charge in [-0.15, -0.1) is 0 Å². The summed E-state index contributed by atoms with van der Waals surface area (Å²) in [5, 5.41) is 0.450. The van der Waals surface area contributed by atoms with E-state index in [4.69, 9.17) is 16.3 Å². The summed E-state index contributed by atoms with van der Waals surface area (Å²) in [6.07, 6.45) is 1.87. The van der Waals surface area contributed by atoms with Gasteiger partial charge >= 0.3 is 0 Å². The Hall–Kier alpha value is -0.780. The van der Waals surface area contributed by atoms with E-state index in [1.807, 2.05) is 13.8 Å². The molecule has 0 unspecified atom stereocenters. The molecule has 1 fully saturated rings. The molecule has 1 heterocycles. The molecule has 0 bridgehead atoms. The Morgan fingerprint density at radius 2 is 1.87 bits per heavy atom. The molecule has 1 aromatic rings. The molecular formula is C17H26ClNO3S. The van der Waals surface area contributed by atoms with Gasteiger partial charge in [-0.1, -0.05) is 32.4 Å². The van der Waals surface area contributed by atoms with E-state index in [9.17, 15) is 8.42 Å². The first kappa shape index (κ1) is 18.6. The van der Waals surface area contributed by atoms with Gasteiger partial charge in [-0.05, 0) is 49.3 Å². The van der Waals surface area contributed by atoms with Gasteiger partial charge in [0.15, 0.2) is 0 Å². The van der Waals surface area contributed by atoms with Gasteiger partial charge in [0.25, 0.3) is 0 Å². The first-order valence-electron chi connectivity index (χ1n) is 8.18. The standard InChI is InChI=1S/C17H26ClNO3S/c1-5-6-22-16-8-14(4)15(18)9-17(16)23(20,21)19-10-12(2)7-13(3)11-19/h8-9,12-13H,5-7,10-11H2,1-4H3/t12-,13-/m0/s1. The summed E-state index contributed by atoms with van der Waals surface area (Å²) in [5.41, 5.74) is 0.817. The number of hydrogen-bond acceptors (Lipinski definition) is 3. The summed E-state index contributed by atoms with van der Waals surface area (Å²) in [6.45, 7) is 9.60. The molecule has 0 spiro atoms. The molecule has 130 valence electrons. The second-order valence-corrected chi connectivity index (χ2v) is 8.98. The van der Waals surface area contributed by atoms with Crippen molar-refractivity contribution < 1.29 is 13.2 Å². The first-order chi connectivity index (χ1) is 10.8. The average molecular weight is 360 g/mol. The molecule has 0 N–H and O–H groups in total. The van der Waals surface area contributed by atoms with Gasteiger partial charge in [0.05, 0.1) is 6.61 Å². The van der Waals surface area contributed by atoms with Crippen LogP contribution < -0.4 is 4.74 Å². The minimum Gasteiger partial charge on any atom is -0.492 e. The van der Waals surface area contributed by atoms with E-state index in [1.54, 1.807) is 10.4 Å². The van der Waals surface area contributed by atoms with Crippen LogP contribution in [0.4, 0.5) is 0 Å². The average Bonchev–Trinajstić information content (AvgIpc) is 2.47. The monoisotopic (exact) mass is 359 g/mol. The lowest BCUT2D eigenvalue weighted by Crippen LogP contribution is -2.42. The van der Waals surface area contributed by atoms with Gasteiger partial charge in [0.1, 0.15) is 10.6 Å². The van der Waals surface area contributed by atoms with Crippen LogP contribution in [0.1, 0.15) is 39.2 Å². The number of nitrogens with zero attached hydrogens (tertiary/aromatic N) is 1. The minimum absolute atomic E-state index is 0.183. The predicted molar refractivity (Wildman–Crippen MR) is 93.7 cm³/mol. The van der Waals surface area contributed by atoms with Crippen molar-refractivity contribution in [3.8, 4) is 5.75 Å². The Kier molecular flexibility index (Phi) is 5.98. The van der Waals surface area contributed by atoms with E-state index in [0.717, 1.165) is 18.4 Å². The third-order valence-corrected chi connectivity index (χ3v) is 6.40. The zero-order valence-corrected chi connectivity index (χ0v) is 15.9. The van der Waals surface area contributed by atoms with Gasteiger partial charge < -0.3 is 4.74 Å². The van der Waals surface area contributed by atoms with Gasteiger partial charge in [-0.3, -0.25) is 0 Å². The largest absolute Gasteiger partial charge is 0.492 e. The van der Waals surface area contributed by atoms with Crippen molar-refractivity contribution >= 4 is 21.6 Å². The number of halogens is 1. The van der Waals surface area contributed by atoms with Crippen LogP contribution >= 0.6 is 11.6 Å². The lowest BCUT2D eigenvalue weighted by Gasteiger charge is -2.34. The predicted octanol–water partition coefficient (Wildman–Crippen LogP) is 4.10. The highest BCUT2D eigenvalue weighted by Crippen LogP contribution is 2.34. The lowest BCUT2D eigenvalue weighted by molar-refractivity contribution is 0.221. The number of piperidine rings is 1. The summed E-state index contributed by atoms with van der Waals surface area (Å²) < 4.78 is 33.5. The molecule has 2 atom stereocenters. The molecule has 2 rings (SSSR count). The maximum atomic E-state index is 13.1. The third-order valence-electron chi connectivity index (χ3n) is 4.14. The SMILES string of the molecule is CCCOc1cc(C)c(Cl)cc1S(=O)(=O)N1C[C@@H](C)C[C@H](C)C1. The van der Waals surface area contributed by atoms with Crippen LogP contribution in [0.25, 0.3) is 0 Å². The Bertz CT molecular complexity index is 650. The Morgan fingerprint density at radius 3 is 2.43 bits per heavy atom. The highest BCUT2D eigenvalue weighted by Gasteiger charge is 2.34. The summed E-state index contributed by atoms with van der Waals surface area (Å²) in [6, 6.07) is 3.25. The fourth-order valence-corrected chi connectivity index (χ4v) is 5.15. The van der Waals surface area contributed by atoms with E-state index < -0.39 is 10.0 Å². The maximum Gasteiger partial charge on any atom is 0.246 e. The molecular weight excluding hydrogens is 334 g/mol. The molecule has 1 aliphatic heterocycles. The van der Waals surface area contributed by atoms with Gasteiger partial charge in [-0.2, -0.15) is 4.31 Å². The number of hydrogen-bond donors (Lipinski definition) is 0. The second kappa shape index (κ2) is 7.41. The van der Waals surface area contributed by atoms with Gasteiger partial charge in [-0.25, -0.2) is 8.42 Å². The summed E-state index contributed by atoms with van der Waals surface area (Å²) in [4.78, 5) is 0.183. The van der Waals surface area contributed by atoms with E-state index in [0.29, 0.717) is 42.3 Å². The molecule has 1 aromatic carbocycles. The van der Waals surface area contributed by atoms with Crippen LogP contribution in [0.5, 0.6) is 5.75 Å². The van der Waals surface area contributed by atoms with E-state index in [2.05, 4.69) is 13.8 Å². The summed E-state index contributed by atoms with van der Waals surface area (Å²) in [7, 11) is -3.60. The van der Waals surface area contributed by atoms with Crippen molar-refractivity contribution in [2.45, 2.75) is 45.4 Å². The van der Waals surface area contributed by atoms with Gasteiger partial charge in [0, 0.05) is 18.1 Å². The highest BCUT2D eigenvalue weighted by molar-refractivity contribution is 7.89. The van der Waals surface area contributed by atoms with Crippen LogP contribution in [0.15, 0.2) is 17.0 Å². The summed E-state index contributed by atoms with van der Waals surface area (Å²) in [5.74, 6) is 1.11. The third kappa shape index (κ3) is 4.20. The van der Waals surface area contributed by atoms with Crippen molar-refractivity contribution in [3.05, 3.63) is 22.7 Å². The van der Waals surface area contributed by atoms with Crippen LogP contribution in [0.2, 0.25) is 5.02 Å². The smallest absolute Gasteiger partial charge is 0.246 e. The number of ether oxygens (including phenoxy) is 1. The number of benzene rings is 1. The van der Waals surface area contributed by atoms with Crippen LogP contribution in [-0.4, -0.2) is 32.4 Å². The van der Waals surface area contributed by atoms with Crippen LogP contribution in [0.3, 0.4) is 0 Å². The lowest BCUT2D eigenvalue weighted by atomic mass is 9.94. The molecule has 4 nitrogen and oxygen atoms in total. The van der Waals surface area contributed by atoms with Crippen molar-refractivity contribution in [2.75, 3.05) is 19.7 Å². The topological polar surface area (TPSA) is 46.6 Å². The van der Waals surface area contributed by atoms with Crippen molar-refractivity contribution in [2.24, 2.45) is 11.8 Å². The second-order valence-electron chi connectivity index (χ2n) is 6.66. The van der Waals surface area contributed by atoms with E-state index in [-0.39, 0.29) is 4.90 Å². The normalized spacial score (nSPS) is 23.0. The molecule has 6 heteroatoms. The molecule has 0 radical (unpaired) electrons. The first-order valence-corrected chi connectivity index (χ1v) is 10.0. The molecule has 23 heavy (non-hydrogen) atoms. The zero-order valence-electron chi connectivity index (χ0n) is 14.3. The quantitative estimate of drug-likeness (QED) is 0.795. The van der Waals surface area contributed by atoms with E-state index in [1.165, 1.54) is 6.07 Å². The van der Waals surface area contributed by atoms with Crippen molar-refractivity contribution in [1.29, 1.82) is 0 Å². The van der Waals surface area contributed by atoms with Crippen molar-refractivity contribution in [3.63, 3.8) is 0 Å². The number of rotatable bonds is 5. The fourth-order valence-electron chi connectivity index (χ4n) is 3.10. The Morgan fingerprint density at radius 1 is 1.26 bits per heavy atom. The fraction of sp³-hybridized carbons (Fsp3) is 0.647. The number of aryl methyl sites for hydroxylation is 1. The van der Waals surface area contributed by atoms with Crippen molar-refractivity contribution in [1.82, 2.24) is 4.31 Å². The molecule has 1 aliphatic rings. The molecule has 0 aromatic heterocycles. The van der Waals surface area contributed by atoms with E-state index >= 15 is 0 Å². The van der Waals surface area contributed by atoms with Gasteiger partial charge in [0.2, 0.25) is 10.0 Å². The maximum absolute atomic E-state index is 13.1. The minimum atomic E-state index is -3.60. The molecule has 0 aliphatic carbocycles. The molecule has 0 amide bonds. The Labute approximate surface area is 144 Å². The highest BCUT2D eigenvalue weighted by atomic mass is 35.5. The Balaban J connectivity index is 2.43. The van der Waals surface area contributed by atoms with Crippen LogP contribution in [-0.2, 0) is 10.0 Å². The zero-order chi connectivity index (χ0) is 17.2.